The average molecular weight is 577 g/mol. The number of hydrogen-bond acceptors (Lipinski definition) is 10. The van der Waals surface area contributed by atoms with Crippen LogP contribution < -0.4 is 15.4 Å². The Morgan fingerprint density at radius 3 is 2.49 bits per heavy atom. The minimum atomic E-state index is -0.665. The number of rotatable bonds is 10. The molecule has 0 spiro atoms. The minimum Gasteiger partial charge on any atom is -0.463 e. The summed E-state index contributed by atoms with van der Waals surface area (Å²) in [5.41, 5.74) is 5.52. The SMILES string of the molecule is CN(CCOC(=O)CN(Cc1ccccn1)Cc1ccccn1)c1c2c(oc(=O)c1C#N)-c1cccc3c1N(CCC3)C2. The number of para-hydroxylation sites is 1. The van der Waals surface area contributed by atoms with Crippen molar-refractivity contribution in [2.75, 3.05) is 43.1 Å². The standard InChI is InChI=1S/C33H32N6O4/c1-37(16-17-42-29(40)22-38(19-24-10-2-4-13-35-24)20-25-11-3-5-14-36-25)31-27(18-34)33(41)43-32-26-12-6-8-23-9-7-15-39(30(23)26)21-28(31)32/h2-6,8,10-14H,7,9,15-17,19-22H2,1H3. The molecule has 6 rings (SSSR count). The van der Waals surface area contributed by atoms with Crippen LogP contribution in [0.15, 0.2) is 76.2 Å². The molecule has 1 aromatic carbocycles. The summed E-state index contributed by atoms with van der Waals surface area (Å²) in [6, 6.07) is 19.5. The Morgan fingerprint density at radius 1 is 1.07 bits per heavy atom. The van der Waals surface area contributed by atoms with Crippen LogP contribution in [0.3, 0.4) is 0 Å². The molecule has 2 aliphatic rings. The van der Waals surface area contributed by atoms with Gasteiger partial charge in [-0.3, -0.25) is 19.7 Å². The van der Waals surface area contributed by atoms with Gasteiger partial charge in [0, 0.05) is 56.7 Å². The molecule has 218 valence electrons. The molecule has 0 saturated carbocycles. The largest absolute Gasteiger partial charge is 0.463 e. The van der Waals surface area contributed by atoms with Gasteiger partial charge in [-0.15, -0.1) is 0 Å². The normalized spacial score (nSPS) is 13.2. The van der Waals surface area contributed by atoms with Gasteiger partial charge in [-0.1, -0.05) is 24.3 Å². The Labute approximate surface area is 249 Å². The van der Waals surface area contributed by atoms with Gasteiger partial charge in [0.05, 0.1) is 35.9 Å². The maximum absolute atomic E-state index is 13.0. The number of carbonyl (C=O) groups is 1. The molecule has 0 unspecified atom stereocenters. The maximum Gasteiger partial charge on any atom is 0.356 e. The summed E-state index contributed by atoms with van der Waals surface area (Å²) in [7, 11) is 1.81. The molecule has 43 heavy (non-hydrogen) atoms. The number of likely N-dealkylation sites (N-methyl/N-ethyl adjacent to an activating group) is 1. The van der Waals surface area contributed by atoms with Crippen LogP contribution in [0.2, 0.25) is 0 Å². The Hall–Kier alpha value is -5.01. The van der Waals surface area contributed by atoms with Crippen LogP contribution in [0.4, 0.5) is 11.4 Å². The van der Waals surface area contributed by atoms with Crippen LogP contribution in [0.25, 0.3) is 11.3 Å². The van der Waals surface area contributed by atoms with E-state index < -0.39 is 5.63 Å². The number of benzene rings is 1. The van der Waals surface area contributed by atoms with E-state index in [1.165, 1.54) is 5.56 Å². The van der Waals surface area contributed by atoms with E-state index in [2.05, 4.69) is 27.0 Å². The summed E-state index contributed by atoms with van der Waals surface area (Å²) in [6.45, 7) is 2.78. The number of nitrogens with zero attached hydrogens (tertiary/aromatic N) is 6. The number of aromatic nitrogens is 2. The molecule has 2 aliphatic heterocycles. The van der Waals surface area contributed by atoms with E-state index in [9.17, 15) is 14.9 Å². The topological polar surface area (TPSA) is 116 Å². The zero-order chi connectivity index (χ0) is 29.8. The molecule has 0 aliphatic carbocycles. The summed E-state index contributed by atoms with van der Waals surface area (Å²) in [4.78, 5) is 40.8. The highest BCUT2D eigenvalue weighted by Gasteiger charge is 2.33. The molecule has 0 bridgehead atoms. The van der Waals surface area contributed by atoms with Gasteiger partial charge in [-0.25, -0.2) is 4.79 Å². The second-order valence-corrected chi connectivity index (χ2v) is 10.8. The number of pyridine rings is 2. The van der Waals surface area contributed by atoms with E-state index in [1.807, 2.05) is 58.3 Å². The third kappa shape index (κ3) is 5.98. The van der Waals surface area contributed by atoms with E-state index in [0.717, 1.165) is 47.6 Å². The van der Waals surface area contributed by atoms with Crippen LogP contribution in [-0.2, 0) is 35.6 Å². The van der Waals surface area contributed by atoms with E-state index in [-0.39, 0.29) is 24.7 Å². The number of fused-ring (bicyclic) bond motifs is 2. The second-order valence-electron chi connectivity index (χ2n) is 10.8. The van der Waals surface area contributed by atoms with Gasteiger partial charge in [0.15, 0.2) is 5.56 Å². The van der Waals surface area contributed by atoms with E-state index in [4.69, 9.17) is 9.15 Å². The highest BCUT2D eigenvalue weighted by Crippen LogP contribution is 2.46. The number of hydrogen-bond donors (Lipinski definition) is 0. The zero-order valence-electron chi connectivity index (χ0n) is 24.0. The summed E-state index contributed by atoms with van der Waals surface area (Å²) < 4.78 is 11.4. The van der Waals surface area contributed by atoms with Crippen molar-refractivity contribution in [2.24, 2.45) is 0 Å². The summed E-state index contributed by atoms with van der Waals surface area (Å²) in [5.74, 6) is 0.127. The molecule has 4 aromatic rings. The van der Waals surface area contributed by atoms with Crippen LogP contribution >= 0.6 is 0 Å². The fraction of sp³-hybridized carbons (Fsp3) is 0.303. The first-order valence-electron chi connectivity index (χ1n) is 14.4. The lowest BCUT2D eigenvalue weighted by atomic mass is 9.90. The Morgan fingerprint density at radius 2 is 1.81 bits per heavy atom. The highest BCUT2D eigenvalue weighted by atomic mass is 16.5. The van der Waals surface area contributed by atoms with Crippen molar-refractivity contribution >= 4 is 17.3 Å². The van der Waals surface area contributed by atoms with Crippen molar-refractivity contribution in [1.82, 2.24) is 14.9 Å². The lowest BCUT2D eigenvalue weighted by Gasteiger charge is -2.38. The van der Waals surface area contributed by atoms with Crippen molar-refractivity contribution in [2.45, 2.75) is 32.5 Å². The number of aryl methyl sites for hydroxylation is 1. The van der Waals surface area contributed by atoms with Crippen molar-refractivity contribution in [1.29, 1.82) is 5.26 Å². The number of esters is 1. The molecule has 0 amide bonds. The van der Waals surface area contributed by atoms with Gasteiger partial charge < -0.3 is 19.0 Å². The molecular formula is C33H32N6O4. The molecule has 0 radical (unpaired) electrons. The summed E-state index contributed by atoms with van der Waals surface area (Å²) in [6.07, 6.45) is 5.47. The molecule has 0 saturated heterocycles. The fourth-order valence-electron chi connectivity index (χ4n) is 5.96. The number of anilines is 2. The van der Waals surface area contributed by atoms with Gasteiger partial charge in [0.2, 0.25) is 0 Å². The van der Waals surface area contributed by atoms with Crippen molar-refractivity contribution in [3.8, 4) is 17.4 Å². The first kappa shape index (κ1) is 28.1. The molecule has 0 fully saturated rings. The molecule has 10 heteroatoms. The molecule has 5 heterocycles. The Balaban J connectivity index is 1.17. The van der Waals surface area contributed by atoms with E-state index in [1.54, 1.807) is 19.4 Å². The quantitative estimate of drug-likeness (QED) is 0.257. The second kappa shape index (κ2) is 12.5. The molecule has 0 atom stereocenters. The predicted molar refractivity (Wildman–Crippen MR) is 161 cm³/mol. The number of nitriles is 1. The van der Waals surface area contributed by atoms with Crippen LogP contribution in [0.5, 0.6) is 0 Å². The lowest BCUT2D eigenvalue weighted by molar-refractivity contribution is -0.145. The van der Waals surface area contributed by atoms with E-state index in [0.29, 0.717) is 37.6 Å². The molecule has 10 nitrogen and oxygen atoms in total. The van der Waals surface area contributed by atoms with Gasteiger partial charge in [-0.2, -0.15) is 5.26 Å². The summed E-state index contributed by atoms with van der Waals surface area (Å²) in [5, 5.41) is 9.93. The van der Waals surface area contributed by atoms with Gasteiger partial charge in [0.1, 0.15) is 18.4 Å². The van der Waals surface area contributed by atoms with Crippen molar-refractivity contribution < 1.29 is 13.9 Å². The van der Waals surface area contributed by atoms with Crippen LogP contribution in [0.1, 0.15) is 34.5 Å². The van der Waals surface area contributed by atoms with Crippen LogP contribution in [0, 0.1) is 11.3 Å². The third-order valence-corrected chi connectivity index (χ3v) is 7.86. The first-order valence-corrected chi connectivity index (χ1v) is 14.4. The Bertz CT molecular complexity index is 1680. The third-order valence-electron chi connectivity index (χ3n) is 7.86. The van der Waals surface area contributed by atoms with Gasteiger partial charge >= 0.3 is 11.6 Å². The lowest BCUT2D eigenvalue weighted by Crippen LogP contribution is -2.35. The molecule has 3 aromatic heterocycles. The van der Waals surface area contributed by atoms with Gasteiger partial charge in [0.25, 0.3) is 0 Å². The Kier molecular flexibility index (Phi) is 8.16. The van der Waals surface area contributed by atoms with E-state index >= 15 is 0 Å². The highest BCUT2D eigenvalue weighted by molar-refractivity contribution is 5.87. The number of carbonyl (C=O) groups excluding carboxylic acids is 1. The first-order chi connectivity index (χ1) is 21.0. The van der Waals surface area contributed by atoms with Gasteiger partial charge in [-0.05, 0) is 48.7 Å². The van der Waals surface area contributed by atoms with Crippen LogP contribution in [-0.4, -0.2) is 54.1 Å². The van der Waals surface area contributed by atoms with Crippen molar-refractivity contribution in [3.63, 3.8) is 0 Å². The average Bonchev–Trinajstić information content (AvgIpc) is 3.02. The minimum absolute atomic E-state index is 0.0407. The smallest absolute Gasteiger partial charge is 0.356 e. The maximum atomic E-state index is 13.0. The predicted octanol–water partition coefficient (Wildman–Crippen LogP) is 3.92. The monoisotopic (exact) mass is 576 g/mol. The molecule has 0 N–H and O–H groups in total. The summed E-state index contributed by atoms with van der Waals surface area (Å²) >= 11 is 0. The molecular weight excluding hydrogens is 544 g/mol. The zero-order valence-corrected chi connectivity index (χ0v) is 24.0. The number of ether oxygens (including phenoxy) is 1. The fourth-order valence-corrected chi connectivity index (χ4v) is 5.96. The van der Waals surface area contributed by atoms with Crippen molar-refractivity contribution in [3.05, 3.63) is 105 Å².